The van der Waals surface area contributed by atoms with Gasteiger partial charge in [-0.15, -0.1) is 11.6 Å². The van der Waals surface area contributed by atoms with E-state index < -0.39 is 14.8 Å². The molecule has 1 aromatic carbocycles. The fourth-order valence-electron chi connectivity index (χ4n) is 1.43. The first kappa shape index (κ1) is 15.4. The van der Waals surface area contributed by atoms with Gasteiger partial charge < -0.3 is 0 Å². The molecular weight excluding hydrogens is 346 g/mol. The monoisotopic (exact) mass is 355 g/mol. The molecule has 0 radical (unpaired) electrons. The summed E-state index contributed by atoms with van der Waals surface area (Å²) in [4.78, 5) is 10.2. The summed E-state index contributed by atoms with van der Waals surface area (Å²) in [6.07, 6.45) is 0.340. The van der Waals surface area contributed by atoms with E-state index in [2.05, 4.69) is 15.9 Å². The molecule has 1 aromatic rings. The molecule has 0 aliphatic rings. The van der Waals surface area contributed by atoms with Crippen LogP contribution in [0.4, 0.5) is 5.69 Å². The van der Waals surface area contributed by atoms with Crippen LogP contribution < -0.4 is 0 Å². The Labute approximate surface area is 118 Å². The third-order valence-corrected chi connectivity index (χ3v) is 5.35. The minimum atomic E-state index is -3.47. The Kier molecular flexibility index (Phi) is 5.12. The summed E-state index contributed by atoms with van der Waals surface area (Å²) < 4.78 is 24.2. The average Bonchev–Trinajstić information content (AvgIpc) is 2.28. The van der Waals surface area contributed by atoms with Crippen LogP contribution in [0, 0.1) is 17.0 Å². The summed E-state index contributed by atoms with van der Waals surface area (Å²) in [5, 5.41) is 10.7. The Morgan fingerprint density at radius 3 is 2.56 bits per heavy atom. The molecule has 1 rings (SSSR count). The smallest absolute Gasteiger partial charge is 0.258 e. The molecule has 0 spiro atoms. The molecule has 0 heterocycles. The number of hydrogen-bond acceptors (Lipinski definition) is 4. The topological polar surface area (TPSA) is 77.3 Å². The van der Waals surface area contributed by atoms with Crippen LogP contribution in [-0.2, 0) is 9.84 Å². The van der Waals surface area contributed by atoms with E-state index in [-0.39, 0.29) is 26.7 Å². The van der Waals surface area contributed by atoms with Crippen LogP contribution >= 0.6 is 27.5 Å². The number of halogens is 2. The van der Waals surface area contributed by atoms with Gasteiger partial charge >= 0.3 is 0 Å². The largest absolute Gasteiger partial charge is 0.273 e. The normalized spacial score (nSPS) is 11.5. The maximum Gasteiger partial charge on any atom is 0.273 e. The highest BCUT2D eigenvalue weighted by Gasteiger charge is 2.22. The SMILES string of the molecule is Cc1cc(S(=O)(=O)CCCCl)c(Br)cc1[N+](=O)[O-]. The van der Waals surface area contributed by atoms with Crippen LogP contribution in [0.1, 0.15) is 12.0 Å². The van der Waals surface area contributed by atoms with Gasteiger partial charge in [0.2, 0.25) is 0 Å². The van der Waals surface area contributed by atoms with Gasteiger partial charge in [-0.2, -0.15) is 0 Å². The van der Waals surface area contributed by atoms with Crippen molar-refractivity contribution >= 4 is 43.1 Å². The number of nitro benzene ring substituents is 1. The standard InChI is InChI=1S/C10H11BrClNO4S/c1-7-5-10(18(16,17)4-2-3-12)8(11)6-9(7)13(14)15/h5-6H,2-4H2,1H3. The quantitative estimate of drug-likeness (QED) is 0.461. The van der Waals surface area contributed by atoms with Crippen molar-refractivity contribution in [3.05, 3.63) is 32.3 Å². The second-order valence-electron chi connectivity index (χ2n) is 3.69. The number of nitrogens with zero attached hydrogens (tertiary/aromatic N) is 1. The van der Waals surface area contributed by atoms with Crippen molar-refractivity contribution in [1.82, 2.24) is 0 Å². The zero-order valence-electron chi connectivity index (χ0n) is 9.52. The van der Waals surface area contributed by atoms with Crippen molar-refractivity contribution in [2.24, 2.45) is 0 Å². The molecule has 18 heavy (non-hydrogen) atoms. The molecule has 100 valence electrons. The molecule has 0 saturated heterocycles. The molecule has 0 atom stereocenters. The number of sulfone groups is 1. The number of hydrogen-bond donors (Lipinski definition) is 0. The van der Waals surface area contributed by atoms with E-state index in [1.165, 1.54) is 19.1 Å². The van der Waals surface area contributed by atoms with Gasteiger partial charge in [-0.05, 0) is 35.3 Å². The summed E-state index contributed by atoms with van der Waals surface area (Å²) in [5.41, 5.74) is 0.200. The Balaban J connectivity index is 3.28. The summed E-state index contributed by atoms with van der Waals surface area (Å²) in [6.45, 7) is 1.51. The van der Waals surface area contributed by atoms with E-state index in [1.54, 1.807) is 0 Å². The molecule has 0 fully saturated rings. The molecule has 0 N–H and O–H groups in total. The lowest BCUT2D eigenvalue weighted by molar-refractivity contribution is -0.385. The molecule has 5 nitrogen and oxygen atoms in total. The van der Waals surface area contributed by atoms with Gasteiger partial charge in [0, 0.05) is 22.0 Å². The third-order valence-electron chi connectivity index (χ3n) is 2.33. The Morgan fingerprint density at radius 1 is 1.44 bits per heavy atom. The average molecular weight is 357 g/mol. The molecule has 0 amide bonds. The van der Waals surface area contributed by atoms with Gasteiger partial charge in [0.1, 0.15) is 0 Å². The highest BCUT2D eigenvalue weighted by molar-refractivity contribution is 9.10. The van der Waals surface area contributed by atoms with Crippen LogP contribution in [0.3, 0.4) is 0 Å². The van der Waals surface area contributed by atoms with E-state index in [0.29, 0.717) is 12.0 Å². The lowest BCUT2D eigenvalue weighted by Crippen LogP contribution is -2.09. The number of benzene rings is 1. The van der Waals surface area contributed by atoms with Crippen LogP contribution in [-0.4, -0.2) is 25.0 Å². The summed E-state index contributed by atoms with van der Waals surface area (Å²) >= 11 is 8.53. The Morgan fingerprint density at radius 2 is 2.06 bits per heavy atom. The Bertz CT molecular complexity index is 573. The second-order valence-corrected chi connectivity index (χ2v) is 7.00. The first-order valence-corrected chi connectivity index (χ1v) is 8.01. The highest BCUT2D eigenvalue weighted by Crippen LogP contribution is 2.30. The summed E-state index contributed by atoms with van der Waals surface area (Å²) in [6, 6.07) is 2.52. The van der Waals surface area contributed by atoms with E-state index in [1.807, 2.05) is 0 Å². The molecule has 0 bridgehead atoms. The predicted octanol–water partition coefficient (Wildman–Crippen LogP) is 3.07. The minimum Gasteiger partial charge on any atom is -0.258 e. The zero-order chi connectivity index (χ0) is 13.9. The van der Waals surface area contributed by atoms with Gasteiger partial charge in [-0.25, -0.2) is 8.42 Å². The summed E-state index contributed by atoms with van der Waals surface area (Å²) in [7, 11) is -3.47. The van der Waals surface area contributed by atoms with E-state index in [0.717, 1.165) is 0 Å². The molecule has 0 aliphatic heterocycles. The van der Waals surface area contributed by atoms with Gasteiger partial charge in [-0.3, -0.25) is 10.1 Å². The fraction of sp³-hybridized carbons (Fsp3) is 0.400. The summed E-state index contributed by atoms with van der Waals surface area (Å²) in [5.74, 6) is 0.176. The van der Waals surface area contributed by atoms with Crippen LogP contribution in [0.5, 0.6) is 0 Å². The lowest BCUT2D eigenvalue weighted by Gasteiger charge is -2.07. The van der Waals surface area contributed by atoms with Crippen molar-refractivity contribution < 1.29 is 13.3 Å². The number of aryl methyl sites for hydroxylation is 1. The van der Waals surface area contributed by atoms with Crippen molar-refractivity contribution in [3.8, 4) is 0 Å². The second kappa shape index (κ2) is 5.99. The predicted molar refractivity (Wildman–Crippen MR) is 72.9 cm³/mol. The molecule has 0 aliphatic carbocycles. The van der Waals surface area contributed by atoms with E-state index in [9.17, 15) is 18.5 Å². The minimum absolute atomic E-state index is 0.0655. The zero-order valence-corrected chi connectivity index (χ0v) is 12.7. The lowest BCUT2D eigenvalue weighted by atomic mass is 10.2. The van der Waals surface area contributed by atoms with Crippen LogP contribution in [0.2, 0.25) is 0 Å². The van der Waals surface area contributed by atoms with Crippen molar-refractivity contribution in [2.45, 2.75) is 18.2 Å². The molecule has 0 aromatic heterocycles. The van der Waals surface area contributed by atoms with E-state index in [4.69, 9.17) is 11.6 Å². The van der Waals surface area contributed by atoms with Crippen LogP contribution in [0.15, 0.2) is 21.5 Å². The maximum atomic E-state index is 12.0. The molecule has 0 saturated carbocycles. The number of alkyl halides is 1. The molecule has 0 unspecified atom stereocenters. The van der Waals surface area contributed by atoms with Gasteiger partial charge in [-0.1, -0.05) is 0 Å². The maximum absolute atomic E-state index is 12.0. The van der Waals surface area contributed by atoms with Crippen molar-refractivity contribution in [2.75, 3.05) is 11.6 Å². The van der Waals surface area contributed by atoms with Crippen molar-refractivity contribution in [3.63, 3.8) is 0 Å². The molecular formula is C10H11BrClNO4S. The molecule has 8 heteroatoms. The van der Waals surface area contributed by atoms with Gasteiger partial charge in [0.25, 0.3) is 5.69 Å². The third kappa shape index (κ3) is 3.43. The van der Waals surface area contributed by atoms with Crippen LogP contribution in [0.25, 0.3) is 0 Å². The first-order valence-electron chi connectivity index (χ1n) is 5.03. The van der Waals surface area contributed by atoms with E-state index >= 15 is 0 Å². The van der Waals surface area contributed by atoms with Gasteiger partial charge in [0.15, 0.2) is 9.84 Å². The van der Waals surface area contributed by atoms with Gasteiger partial charge in [0.05, 0.1) is 15.6 Å². The fourth-order valence-corrected chi connectivity index (χ4v) is 4.25. The highest BCUT2D eigenvalue weighted by atomic mass is 79.9. The number of nitro groups is 1. The first-order chi connectivity index (χ1) is 8.29. The van der Waals surface area contributed by atoms with Crippen molar-refractivity contribution in [1.29, 1.82) is 0 Å². The number of rotatable bonds is 5. The Hall–Kier alpha value is -0.660.